The molecule has 19 heavy (non-hydrogen) atoms. The molecule has 0 spiro atoms. The highest BCUT2D eigenvalue weighted by Gasteiger charge is 2.06. The first-order chi connectivity index (χ1) is 9.17. The van der Waals surface area contributed by atoms with Gasteiger partial charge in [-0.15, -0.1) is 0 Å². The van der Waals surface area contributed by atoms with Crippen LogP contribution < -0.4 is 10.1 Å². The van der Waals surface area contributed by atoms with Crippen molar-refractivity contribution in [2.75, 3.05) is 13.2 Å². The second-order valence-electron chi connectivity index (χ2n) is 5.30. The third-order valence-corrected chi connectivity index (χ3v) is 3.22. The SMILES string of the molecule is CCCNC(C)c1ccc(OCC(C)CCC)cn1. The lowest BCUT2D eigenvalue weighted by atomic mass is 10.1. The number of nitrogens with zero attached hydrogens (tertiary/aromatic N) is 1. The van der Waals surface area contributed by atoms with E-state index in [0.29, 0.717) is 12.0 Å². The first kappa shape index (κ1) is 16.0. The van der Waals surface area contributed by atoms with E-state index >= 15 is 0 Å². The molecular formula is C16H28N2O. The molecule has 2 atom stereocenters. The molecule has 1 aromatic heterocycles. The van der Waals surface area contributed by atoms with Gasteiger partial charge in [-0.05, 0) is 44.4 Å². The van der Waals surface area contributed by atoms with Gasteiger partial charge in [-0.1, -0.05) is 27.2 Å². The Morgan fingerprint density at radius 1 is 1.21 bits per heavy atom. The molecule has 0 bridgehead atoms. The minimum atomic E-state index is 0.299. The Kier molecular flexibility index (Phi) is 7.49. The van der Waals surface area contributed by atoms with Gasteiger partial charge >= 0.3 is 0 Å². The second kappa shape index (κ2) is 8.92. The molecule has 3 heteroatoms. The molecule has 1 N–H and O–H groups in total. The van der Waals surface area contributed by atoms with E-state index in [1.54, 1.807) is 0 Å². The zero-order valence-electron chi connectivity index (χ0n) is 12.8. The fraction of sp³-hybridized carbons (Fsp3) is 0.688. The molecule has 0 aliphatic heterocycles. The molecule has 1 aromatic rings. The van der Waals surface area contributed by atoms with Gasteiger partial charge in [0, 0.05) is 6.04 Å². The Morgan fingerprint density at radius 3 is 2.58 bits per heavy atom. The van der Waals surface area contributed by atoms with E-state index in [2.05, 4.69) is 38.0 Å². The Labute approximate surface area is 117 Å². The highest BCUT2D eigenvalue weighted by Crippen LogP contribution is 2.16. The van der Waals surface area contributed by atoms with Crippen LogP contribution in [0.3, 0.4) is 0 Å². The monoisotopic (exact) mass is 264 g/mol. The van der Waals surface area contributed by atoms with Gasteiger partial charge in [0.15, 0.2) is 0 Å². The van der Waals surface area contributed by atoms with Crippen LogP contribution in [0.1, 0.15) is 58.7 Å². The summed E-state index contributed by atoms with van der Waals surface area (Å²) in [6.45, 7) is 10.5. The fourth-order valence-electron chi connectivity index (χ4n) is 2.01. The predicted molar refractivity (Wildman–Crippen MR) is 80.5 cm³/mol. The van der Waals surface area contributed by atoms with Crippen LogP contribution in [0.25, 0.3) is 0 Å². The largest absolute Gasteiger partial charge is 0.492 e. The Bertz CT molecular complexity index is 337. The van der Waals surface area contributed by atoms with Gasteiger partial charge in [-0.2, -0.15) is 0 Å². The second-order valence-corrected chi connectivity index (χ2v) is 5.30. The number of nitrogens with one attached hydrogen (secondary N) is 1. The molecule has 0 fully saturated rings. The molecule has 0 radical (unpaired) electrons. The molecule has 108 valence electrons. The van der Waals surface area contributed by atoms with Crippen molar-refractivity contribution in [2.45, 2.75) is 53.0 Å². The average molecular weight is 264 g/mol. The quantitative estimate of drug-likeness (QED) is 0.733. The normalized spacial score (nSPS) is 14.1. The molecule has 2 unspecified atom stereocenters. The third-order valence-electron chi connectivity index (χ3n) is 3.22. The number of ether oxygens (including phenoxy) is 1. The average Bonchev–Trinajstić information content (AvgIpc) is 2.43. The predicted octanol–water partition coefficient (Wildman–Crippen LogP) is 3.96. The smallest absolute Gasteiger partial charge is 0.137 e. The summed E-state index contributed by atoms with van der Waals surface area (Å²) < 4.78 is 5.75. The molecular weight excluding hydrogens is 236 g/mol. The van der Waals surface area contributed by atoms with Crippen LogP contribution in [0.5, 0.6) is 5.75 Å². The van der Waals surface area contributed by atoms with E-state index < -0.39 is 0 Å². The van der Waals surface area contributed by atoms with Crippen LogP contribution in [0.2, 0.25) is 0 Å². The Morgan fingerprint density at radius 2 is 2.00 bits per heavy atom. The molecule has 0 aromatic carbocycles. The summed E-state index contributed by atoms with van der Waals surface area (Å²) >= 11 is 0. The molecule has 0 aliphatic rings. The Hall–Kier alpha value is -1.09. The molecule has 1 heterocycles. The molecule has 0 aliphatic carbocycles. The maximum atomic E-state index is 5.75. The highest BCUT2D eigenvalue weighted by atomic mass is 16.5. The van der Waals surface area contributed by atoms with Crippen molar-refractivity contribution in [1.29, 1.82) is 0 Å². The van der Waals surface area contributed by atoms with E-state index in [1.165, 1.54) is 12.8 Å². The van der Waals surface area contributed by atoms with E-state index in [1.807, 2.05) is 18.3 Å². The zero-order chi connectivity index (χ0) is 14.1. The first-order valence-corrected chi connectivity index (χ1v) is 7.49. The standard InChI is InChI=1S/C16H28N2O/c1-5-7-13(3)12-19-15-8-9-16(18-11-15)14(4)17-10-6-2/h8-9,11,13-14,17H,5-7,10,12H2,1-4H3. The third kappa shape index (κ3) is 6.06. The van der Waals surface area contributed by atoms with Crippen LogP contribution in [-0.2, 0) is 0 Å². The number of pyridine rings is 1. The van der Waals surface area contributed by atoms with Crippen molar-refractivity contribution in [2.24, 2.45) is 5.92 Å². The molecule has 1 rings (SSSR count). The number of aromatic nitrogens is 1. The summed E-state index contributed by atoms with van der Waals surface area (Å²) in [5.74, 6) is 1.48. The van der Waals surface area contributed by atoms with E-state index in [4.69, 9.17) is 4.74 Å². The van der Waals surface area contributed by atoms with E-state index in [0.717, 1.165) is 31.0 Å². The summed E-state index contributed by atoms with van der Waals surface area (Å²) in [7, 11) is 0. The van der Waals surface area contributed by atoms with Crippen molar-refractivity contribution in [3.05, 3.63) is 24.0 Å². The molecule has 0 saturated heterocycles. The summed E-state index contributed by atoms with van der Waals surface area (Å²) in [5.41, 5.74) is 1.07. The van der Waals surface area contributed by atoms with Crippen molar-refractivity contribution < 1.29 is 4.74 Å². The van der Waals surface area contributed by atoms with Gasteiger partial charge < -0.3 is 10.1 Å². The van der Waals surface area contributed by atoms with Gasteiger partial charge in [0.2, 0.25) is 0 Å². The van der Waals surface area contributed by atoms with Crippen molar-refractivity contribution in [1.82, 2.24) is 10.3 Å². The summed E-state index contributed by atoms with van der Waals surface area (Å²) in [5, 5.41) is 3.43. The van der Waals surface area contributed by atoms with Crippen molar-refractivity contribution >= 4 is 0 Å². The van der Waals surface area contributed by atoms with E-state index in [9.17, 15) is 0 Å². The van der Waals surface area contributed by atoms with Crippen LogP contribution in [-0.4, -0.2) is 18.1 Å². The summed E-state index contributed by atoms with van der Waals surface area (Å²) in [6.07, 6.45) is 5.39. The maximum Gasteiger partial charge on any atom is 0.137 e. The van der Waals surface area contributed by atoms with Gasteiger partial charge in [-0.25, -0.2) is 0 Å². The maximum absolute atomic E-state index is 5.75. The first-order valence-electron chi connectivity index (χ1n) is 7.49. The molecule has 0 amide bonds. The summed E-state index contributed by atoms with van der Waals surface area (Å²) in [6, 6.07) is 4.37. The lowest BCUT2D eigenvalue weighted by Crippen LogP contribution is -2.20. The zero-order valence-corrected chi connectivity index (χ0v) is 12.8. The van der Waals surface area contributed by atoms with Crippen LogP contribution in [0.15, 0.2) is 18.3 Å². The Balaban J connectivity index is 2.42. The van der Waals surface area contributed by atoms with Gasteiger partial charge in [-0.3, -0.25) is 4.98 Å². The minimum Gasteiger partial charge on any atom is -0.492 e. The van der Waals surface area contributed by atoms with Gasteiger partial charge in [0.1, 0.15) is 5.75 Å². The molecule has 3 nitrogen and oxygen atoms in total. The van der Waals surface area contributed by atoms with Crippen molar-refractivity contribution in [3.8, 4) is 5.75 Å². The van der Waals surface area contributed by atoms with Gasteiger partial charge in [0.25, 0.3) is 0 Å². The minimum absolute atomic E-state index is 0.299. The summed E-state index contributed by atoms with van der Waals surface area (Å²) in [4.78, 5) is 4.47. The van der Waals surface area contributed by atoms with Crippen LogP contribution in [0, 0.1) is 5.92 Å². The number of hydrogen-bond donors (Lipinski definition) is 1. The van der Waals surface area contributed by atoms with Crippen LogP contribution >= 0.6 is 0 Å². The fourth-order valence-corrected chi connectivity index (χ4v) is 2.01. The molecule has 0 saturated carbocycles. The number of rotatable bonds is 9. The van der Waals surface area contributed by atoms with Gasteiger partial charge in [0.05, 0.1) is 18.5 Å². The lowest BCUT2D eigenvalue weighted by molar-refractivity contribution is 0.250. The highest BCUT2D eigenvalue weighted by molar-refractivity contribution is 5.21. The number of hydrogen-bond acceptors (Lipinski definition) is 3. The van der Waals surface area contributed by atoms with Crippen LogP contribution in [0.4, 0.5) is 0 Å². The van der Waals surface area contributed by atoms with E-state index in [-0.39, 0.29) is 0 Å². The topological polar surface area (TPSA) is 34.1 Å². The lowest BCUT2D eigenvalue weighted by Gasteiger charge is -2.14. The van der Waals surface area contributed by atoms with Crippen molar-refractivity contribution in [3.63, 3.8) is 0 Å².